The van der Waals surface area contributed by atoms with E-state index in [1.807, 2.05) is 25.1 Å². The first-order valence-corrected chi connectivity index (χ1v) is 12.0. The van der Waals surface area contributed by atoms with Gasteiger partial charge >= 0.3 is 5.97 Å². The molecule has 37 heavy (non-hydrogen) atoms. The van der Waals surface area contributed by atoms with Crippen LogP contribution in [-0.2, 0) is 20.9 Å². The van der Waals surface area contributed by atoms with Gasteiger partial charge in [-0.1, -0.05) is 42.0 Å². The summed E-state index contributed by atoms with van der Waals surface area (Å²) in [7, 11) is 0. The lowest BCUT2D eigenvalue weighted by Crippen LogP contribution is -2.29. The summed E-state index contributed by atoms with van der Waals surface area (Å²) in [6.45, 7) is 7.06. The number of Topliss-reactive ketones (excluding diaryl/α,β-unsaturated/α-hetero) is 1. The SMILES string of the molecule is Cc1cccc(C2/C(=C(/O)c3ccc(F)c(C)c3)C(=O)C(=O)N2Cc2ccc(C(=O)OC(C)C)cc2)c1. The van der Waals surface area contributed by atoms with Gasteiger partial charge in [0.1, 0.15) is 11.6 Å². The quantitative estimate of drug-likeness (QED) is 0.205. The van der Waals surface area contributed by atoms with Crippen LogP contribution >= 0.6 is 0 Å². The van der Waals surface area contributed by atoms with Crippen LogP contribution in [0.5, 0.6) is 0 Å². The summed E-state index contributed by atoms with van der Waals surface area (Å²) in [5.74, 6) is -2.81. The summed E-state index contributed by atoms with van der Waals surface area (Å²) in [4.78, 5) is 40.1. The Morgan fingerprint density at radius 3 is 2.30 bits per heavy atom. The monoisotopic (exact) mass is 501 g/mol. The van der Waals surface area contributed by atoms with E-state index in [4.69, 9.17) is 4.74 Å². The van der Waals surface area contributed by atoms with Crippen LogP contribution in [0.1, 0.15) is 58.1 Å². The van der Waals surface area contributed by atoms with Gasteiger partial charge in [-0.2, -0.15) is 0 Å². The van der Waals surface area contributed by atoms with Crippen LogP contribution in [-0.4, -0.2) is 33.8 Å². The Balaban J connectivity index is 1.76. The first-order chi connectivity index (χ1) is 17.6. The van der Waals surface area contributed by atoms with Crippen molar-refractivity contribution >= 4 is 23.4 Å². The number of nitrogens with zero attached hydrogens (tertiary/aromatic N) is 1. The zero-order valence-corrected chi connectivity index (χ0v) is 21.1. The largest absolute Gasteiger partial charge is 0.507 e. The van der Waals surface area contributed by atoms with Crippen LogP contribution in [0.25, 0.3) is 5.76 Å². The van der Waals surface area contributed by atoms with Gasteiger partial charge in [-0.3, -0.25) is 9.59 Å². The van der Waals surface area contributed by atoms with E-state index in [9.17, 15) is 23.9 Å². The number of aryl methyl sites for hydroxylation is 2. The molecule has 1 unspecified atom stereocenters. The summed E-state index contributed by atoms with van der Waals surface area (Å²) in [5, 5.41) is 11.2. The molecule has 190 valence electrons. The molecule has 0 aliphatic carbocycles. The van der Waals surface area contributed by atoms with Gasteiger partial charge in [0.25, 0.3) is 11.7 Å². The minimum Gasteiger partial charge on any atom is -0.507 e. The Kier molecular flexibility index (Phi) is 7.25. The Labute approximate surface area is 215 Å². The molecule has 0 aromatic heterocycles. The maximum atomic E-state index is 13.9. The first-order valence-electron chi connectivity index (χ1n) is 12.0. The number of carbonyl (C=O) groups is 3. The lowest BCUT2D eigenvalue weighted by molar-refractivity contribution is -0.140. The summed E-state index contributed by atoms with van der Waals surface area (Å²) < 4.78 is 19.1. The smallest absolute Gasteiger partial charge is 0.338 e. The number of benzene rings is 3. The minimum absolute atomic E-state index is 0.0567. The van der Waals surface area contributed by atoms with Crippen molar-refractivity contribution in [2.24, 2.45) is 0 Å². The number of aliphatic hydroxyl groups excluding tert-OH is 1. The standard InChI is InChI=1S/C30H28FNO5/c1-17(2)37-30(36)21-10-8-20(9-11-21)16-32-26(22-7-5-6-18(3)14-22)25(28(34)29(32)35)27(33)23-12-13-24(31)19(4)15-23/h5-15,17,26,33H,16H2,1-4H3/b27-25-. The van der Waals surface area contributed by atoms with Gasteiger partial charge in [-0.25, -0.2) is 9.18 Å². The van der Waals surface area contributed by atoms with Crippen molar-refractivity contribution in [3.05, 3.63) is 112 Å². The molecule has 1 heterocycles. The van der Waals surface area contributed by atoms with Crippen molar-refractivity contribution in [3.8, 4) is 0 Å². The average Bonchev–Trinajstić information content (AvgIpc) is 3.10. The highest BCUT2D eigenvalue weighted by molar-refractivity contribution is 6.46. The number of ketones is 1. The lowest BCUT2D eigenvalue weighted by Gasteiger charge is -2.26. The number of hydrogen-bond acceptors (Lipinski definition) is 5. The fourth-order valence-corrected chi connectivity index (χ4v) is 4.40. The van der Waals surface area contributed by atoms with Crippen molar-refractivity contribution in [1.29, 1.82) is 0 Å². The minimum atomic E-state index is -0.851. The molecule has 6 nitrogen and oxygen atoms in total. The summed E-state index contributed by atoms with van der Waals surface area (Å²) in [5.41, 5.74) is 3.16. The topological polar surface area (TPSA) is 83.9 Å². The number of ether oxygens (including phenoxy) is 1. The molecule has 4 rings (SSSR count). The number of hydrogen-bond donors (Lipinski definition) is 1. The van der Waals surface area contributed by atoms with Gasteiger partial charge < -0.3 is 14.7 Å². The molecule has 3 aromatic rings. The second-order valence-electron chi connectivity index (χ2n) is 9.46. The van der Waals surface area contributed by atoms with Crippen molar-refractivity contribution in [2.75, 3.05) is 0 Å². The molecule has 1 aliphatic heterocycles. The van der Waals surface area contributed by atoms with Gasteiger partial charge in [-0.05, 0) is 74.7 Å². The molecular formula is C30H28FNO5. The highest BCUT2D eigenvalue weighted by Crippen LogP contribution is 2.40. The fourth-order valence-electron chi connectivity index (χ4n) is 4.40. The van der Waals surface area contributed by atoms with Gasteiger partial charge in [0, 0.05) is 12.1 Å². The molecule has 3 aromatic carbocycles. The third kappa shape index (κ3) is 5.31. The summed E-state index contributed by atoms with van der Waals surface area (Å²) in [6, 6.07) is 17.2. The molecular weight excluding hydrogens is 473 g/mol. The molecule has 1 atom stereocenters. The van der Waals surface area contributed by atoms with Crippen LogP contribution in [0.4, 0.5) is 4.39 Å². The number of amides is 1. The van der Waals surface area contributed by atoms with Crippen LogP contribution in [0, 0.1) is 19.7 Å². The first kappa shape index (κ1) is 25.8. The van der Waals surface area contributed by atoms with E-state index >= 15 is 0 Å². The summed E-state index contributed by atoms with van der Waals surface area (Å²) >= 11 is 0. The van der Waals surface area contributed by atoms with E-state index in [-0.39, 0.29) is 29.5 Å². The zero-order chi connectivity index (χ0) is 26.9. The summed E-state index contributed by atoms with van der Waals surface area (Å²) in [6.07, 6.45) is -0.252. The van der Waals surface area contributed by atoms with E-state index < -0.39 is 29.5 Å². The highest BCUT2D eigenvalue weighted by Gasteiger charge is 2.46. The van der Waals surface area contributed by atoms with Crippen molar-refractivity contribution < 1.29 is 28.6 Å². The molecule has 1 amide bonds. The van der Waals surface area contributed by atoms with Gasteiger partial charge in [0.05, 0.1) is 23.3 Å². The highest BCUT2D eigenvalue weighted by atomic mass is 19.1. The fraction of sp³-hybridized carbons (Fsp3) is 0.233. The average molecular weight is 502 g/mol. The number of likely N-dealkylation sites (tertiary alicyclic amines) is 1. The molecule has 1 aliphatic rings. The number of aliphatic hydroxyl groups is 1. The molecule has 0 bridgehead atoms. The predicted molar refractivity (Wildman–Crippen MR) is 137 cm³/mol. The van der Waals surface area contributed by atoms with E-state index in [1.54, 1.807) is 51.1 Å². The Morgan fingerprint density at radius 1 is 1.00 bits per heavy atom. The number of rotatable bonds is 6. The second-order valence-corrected chi connectivity index (χ2v) is 9.46. The lowest BCUT2D eigenvalue weighted by atomic mass is 9.94. The molecule has 0 saturated carbocycles. The van der Waals surface area contributed by atoms with Crippen molar-refractivity contribution in [2.45, 2.75) is 46.4 Å². The van der Waals surface area contributed by atoms with E-state index in [0.29, 0.717) is 22.3 Å². The molecule has 0 spiro atoms. The maximum Gasteiger partial charge on any atom is 0.338 e. The Hall–Kier alpha value is -4.26. The van der Waals surface area contributed by atoms with Crippen LogP contribution in [0.3, 0.4) is 0 Å². The number of halogens is 1. The van der Waals surface area contributed by atoms with Gasteiger partial charge in [0.15, 0.2) is 0 Å². The van der Waals surface area contributed by atoms with Crippen LogP contribution in [0.15, 0.2) is 72.3 Å². The molecule has 1 fully saturated rings. The van der Waals surface area contributed by atoms with Crippen LogP contribution < -0.4 is 0 Å². The van der Waals surface area contributed by atoms with Crippen LogP contribution in [0.2, 0.25) is 0 Å². The zero-order valence-electron chi connectivity index (χ0n) is 21.1. The number of esters is 1. The third-order valence-electron chi connectivity index (χ3n) is 6.21. The molecule has 0 radical (unpaired) electrons. The van der Waals surface area contributed by atoms with Crippen molar-refractivity contribution in [1.82, 2.24) is 4.90 Å². The van der Waals surface area contributed by atoms with Crippen molar-refractivity contribution in [3.63, 3.8) is 0 Å². The van der Waals surface area contributed by atoms with E-state index in [1.165, 1.54) is 23.1 Å². The second kappa shape index (κ2) is 10.4. The van der Waals surface area contributed by atoms with Gasteiger partial charge in [0.2, 0.25) is 0 Å². The molecule has 7 heteroatoms. The normalized spacial score (nSPS) is 16.9. The van der Waals surface area contributed by atoms with Gasteiger partial charge in [-0.15, -0.1) is 0 Å². The molecule has 1 N–H and O–H groups in total. The third-order valence-corrected chi connectivity index (χ3v) is 6.21. The predicted octanol–water partition coefficient (Wildman–Crippen LogP) is 5.63. The number of carbonyl (C=O) groups excluding carboxylic acids is 3. The maximum absolute atomic E-state index is 13.9. The Morgan fingerprint density at radius 2 is 1.68 bits per heavy atom. The van der Waals surface area contributed by atoms with E-state index in [2.05, 4.69) is 0 Å². The van der Waals surface area contributed by atoms with E-state index in [0.717, 1.165) is 5.56 Å². The Bertz CT molecular complexity index is 1410. The molecule has 1 saturated heterocycles.